The molecular weight excluding hydrogens is 400 g/mol. The van der Waals surface area contributed by atoms with Crippen molar-refractivity contribution in [2.45, 2.75) is 18.9 Å². The standard InChI is InChI=1S/C21H24N6O2S/c1-26-12-9-22-18(26)17(15-6-3-2-4-7-15)24-21(29)27-11-5-8-16(14-27)19(28)25-20-23-10-13-30-20/h2-4,6-7,9-10,12-13,16-17H,5,8,11,14H2,1H3,(H,24,29)(H,23,25,28). The second-order valence-corrected chi connectivity index (χ2v) is 8.20. The van der Waals surface area contributed by atoms with Crippen molar-refractivity contribution >= 4 is 28.4 Å². The van der Waals surface area contributed by atoms with Gasteiger partial charge in [-0.1, -0.05) is 30.3 Å². The zero-order chi connectivity index (χ0) is 20.9. The van der Waals surface area contributed by atoms with Gasteiger partial charge in [-0.25, -0.2) is 14.8 Å². The number of urea groups is 1. The molecule has 3 heterocycles. The van der Waals surface area contributed by atoms with Crippen LogP contribution in [-0.2, 0) is 11.8 Å². The smallest absolute Gasteiger partial charge is 0.318 e. The van der Waals surface area contributed by atoms with E-state index in [1.165, 1.54) is 11.3 Å². The Morgan fingerprint density at radius 3 is 2.73 bits per heavy atom. The topological polar surface area (TPSA) is 92.2 Å². The van der Waals surface area contributed by atoms with Crippen molar-refractivity contribution in [3.8, 4) is 0 Å². The molecule has 9 heteroatoms. The highest BCUT2D eigenvalue weighted by Gasteiger charge is 2.30. The molecule has 1 fully saturated rings. The van der Waals surface area contributed by atoms with Gasteiger partial charge in [0.1, 0.15) is 11.9 Å². The van der Waals surface area contributed by atoms with Crippen molar-refractivity contribution in [3.05, 3.63) is 65.7 Å². The Balaban J connectivity index is 1.46. The molecule has 1 aliphatic rings. The first-order chi connectivity index (χ1) is 14.6. The Labute approximate surface area is 179 Å². The van der Waals surface area contributed by atoms with Crippen LogP contribution in [0.4, 0.5) is 9.93 Å². The number of piperidine rings is 1. The monoisotopic (exact) mass is 424 g/mol. The number of benzene rings is 1. The highest BCUT2D eigenvalue weighted by molar-refractivity contribution is 7.13. The summed E-state index contributed by atoms with van der Waals surface area (Å²) in [6.07, 6.45) is 6.76. The van der Waals surface area contributed by atoms with Gasteiger partial charge in [0.2, 0.25) is 5.91 Å². The number of hydrogen-bond donors (Lipinski definition) is 2. The van der Waals surface area contributed by atoms with Gasteiger partial charge in [-0.05, 0) is 18.4 Å². The molecule has 0 saturated carbocycles. The first kappa shape index (κ1) is 20.1. The fraction of sp³-hybridized carbons (Fsp3) is 0.333. The molecule has 2 aromatic heterocycles. The minimum Gasteiger partial charge on any atom is -0.336 e. The van der Waals surface area contributed by atoms with E-state index < -0.39 is 0 Å². The van der Waals surface area contributed by atoms with Crippen molar-refractivity contribution in [1.29, 1.82) is 0 Å². The fourth-order valence-electron chi connectivity index (χ4n) is 3.68. The number of thiazole rings is 1. The van der Waals surface area contributed by atoms with E-state index in [-0.39, 0.29) is 23.9 Å². The van der Waals surface area contributed by atoms with Crippen molar-refractivity contribution in [3.63, 3.8) is 0 Å². The van der Waals surface area contributed by atoms with E-state index >= 15 is 0 Å². The van der Waals surface area contributed by atoms with Crippen LogP contribution in [0, 0.1) is 5.92 Å². The summed E-state index contributed by atoms with van der Waals surface area (Å²) in [7, 11) is 1.91. The Hall–Kier alpha value is -3.20. The summed E-state index contributed by atoms with van der Waals surface area (Å²) in [5.74, 6) is 0.410. The van der Waals surface area contributed by atoms with Crippen molar-refractivity contribution < 1.29 is 9.59 Å². The normalized spacial score (nSPS) is 17.4. The van der Waals surface area contributed by atoms with Gasteiger partial charge in [-0.2, -0.15) is 0 Å². The number of imidazole rings is 1. The molecule has 30 heavy (non-hydrogen) atoms. The average Bonchev–Trinajstić information content (AvgIpc) is 3.44. The first-order valence-electron chi connectivity index (χ1n) is 9.90. The number of nitrogens with one attached hydrogen (secondary N) is 2. The van der Waals surface area contributed by atoms with Crippen LogP contribution in [0.3, 0.4) is 0 Å². The lowest BCUT2D eigenvalue weighted by atomic mass is 9.97. The van der Waals surface area contributed by atoms with Crippen molar-refractivity contribution in [2.24, 2.45) is 13.0 Å². The van der Waals surface area contributed by atoms with Gasteiger partial charge < -0.3 is 20.1 Å². The summed E-state index contributed by atoms with van der Waals surface area (Å²) in [5, 5.41) is 8.36. The van der Waals surface area contributed by atoms with Gasteiger partial charge >= 0.3 is 6.03 Å². The summed E-state index contributed by atoms with van der Waals surface area (Å²) in [4.78, 5) is 36.0. The SMILES string of the molecule is Cn1ccnc1C(NC(=O)N1CCCC(C(=O)Nc2nccs2)C1)c1ccccc1. The van der Waals surface area contributed by atoms with Gasteiger partial charge in [-0.15, -0.1) is 11.3 Å². The van der Waals surface area contributed by atoms with Crippen LogP contribution in [-0.4, -0.2) is 44.5 Å². The molecule has 1 aliphatic heterocycles. The van der Waals surface area contributed by atoms with Crippen molar-refractivity contribution in [2.75, 3.05) is 18.4 Å². The third-order valence-corrected chi connectivity index (χ3v) is 5.95. The minimum atomic E-state index is -0.372. The third-order valence-electron chi connectivity index (χ3n) is 5.26. The van der Waals surface area contributed by atoms with Crippen LogP contribution in [0.15, 0.2) is 54.3 Å². The van der Waals surface area contributed by atoms with E-state index in [0.29, 0.717) is 18.2 Å². The molecular formula is C21H24N6O2S. The molecule has 0 aliphatic carbocycles. The maximum Gasteiger partial charge on any atom is 0.318 e. The summed E-state index contributed by atoms with van der Waals surface area (Å²) in [6.45, 7) is 1.00. The van der Waals surface area contributed by atoms with Gasteiger partial charge in [-0.3, -0.25) is 4.79 Å². The van der Waals surface area contributed by atoms with Crippen LogP contribution in [0.2, 0.25) is 0 Å². The van der Waals surface area contributed by atoms with Gasteiger partial charge in [0.05, 0.1) is 5.92 Å². The van der Waals surface area contributed by atoms with E-state index in [4.69, 9.17) is 0 Å². The number of amides is 3. The van der Waals surface area contributed by atoms with E-state index in [9.17, 15) is 9.59 Å². The predicted octanol–water partition coefficient (Wildman–Crippen LogP) is 3.03. The number of likely N-dealkylation sites (tertiary alicyclic amines) is 1. The van der Waals surface area contributed by atoms with Gasteiger partial charge in [0, 0.05) is 44.1 Å². The fourth-order valence-corrected chi connectivity index (χ4v) is 4.21. The maximum atomic E-state index is 13.1. The molecule has 1 aromatic carbocycles. The highest BCUT2D eigenvalue weighted by Crippen LogP contribution is 2.23. The van der Waals surface area contributed by atoms with Gasteiger partial charge in [0.25, 0.3) is 0 Å². The van der Waals surface area contributed by atoms with E-state index in [0.717, 1.165) is 24.2 Å². The molecule has 0 bridgehead atoms. The van der Waals surface area contributed by atoms with Crippen LogP contribution < -0.4 is 10.6 Å². The number of carbonyl (C=O) groups is 2. The molecule has 0 spiro atoms. The number of anilines is 1. The molecule has 0 radical (unpaired) electrons. The first-order valence-corrected chi connectivity index (χ1v) is 10.8. The Morgan fingerprint density at radius 2 is 2.03 bits per heavy atom. The second-order valence-electron chi connectivity index (χ2n) is 7.30. The molecule has 2 N–H and O–H groups in total. The average molecular weight is 425 g/mol. The zero-order valence-corrected chi connectivity index (χ0v) is 17.5. The van der Waals surface area contributed by atoms with Crippen LogP contribution in [0.1, 0.15) is 30.3 Å². The summed E-state index contributed by atoms with van der Waals surface area (Å²) in [5.41, 5.74) is 0.954. The Bertz CT molecular complexity index is 988. The highest BCUT2D eigenvalue weighted by atomic mass is 32.1. The van der Waals surface area contributed by atoms with Crippen LogP contribution >= 0.6 is 11.3 Å². The molecule has 4 rings (SSSR count). The van der Waals surface area contributed by atoms with E-state index in [1.807, 2.05) is 53.5 Å². The Morgan fingerprint density at radius 1 is 1.20 bits per heavy atom. The number of carbonyl (C=O) groups excluding carboxylic acids is 2. The molecule has 3 amide bonds. The number of hydrogen-bond acceptors (Lipinski definition) is 5. The zero-order valence-electron chi connectivity index (χ0n) is 16.7. The van der Waals surface area contributed by atoms with E-state index in [2.05, 4.69) is 20.6 Å². The molecule has 156 valence electrons. The lowest BCUT2D eigenvalue weighted by molar-refractivity contribution is -0.121. The van der Waals surface area contributed by atoms with Crippen LogP contribution in [0.25, 0.3) is 0 Å². The molecule has 2 atom stereocenters. The number of aromatic nitrogens is 3. The van der Waals surface area contributed by atoms with Gasteiger partial charge in [0.15, 0.2) is 5.13 Å². The molecule has 1 saturated heterocycles. The van der Waals surface area contributed by atoms with Crippen LogP contribution in [0.5, 0.6) is 0 Å². The molecule has 2 unspecified atom stereocenters. The summed E-state index contributed by atoms with van der Waals surface area (Å²) >= 11 is 1.38. The third kappa shape index (κ3) is 4.51. The second kappa shape index (κ2) is 9.08. The minimum absolute atomic E-state index is 0.0915. The summed E-state index contributed by atoms with van der Waals surface area (Å²) < 4.78 is 1.90. The lowest BCUT2D eigenvalue weighted by Gasteiger charge is -2.33. The molecule has 3 aromatic rings. The number of nitrogens with zero attached hydrogens (tertiary/aromatic N) is 4. The largest absolute Gasteiger partial charge is 0.336 e. The quantitative estimate of drug-likeness (QED) is 0.659. The molecule has 8 nitrogen and oxygen atoms in total. The Kier molecular flexibility index (Phi) is 6.08. The number of aryl methyl sites for hydroxylation is 1. The van der Waals surface area contributed by atoms with Crippen molar-refractivity contribution in [1.82, 2.24) is 24.8 Å². The predicted molar refractivity (Wildman–Crippen MR) is 115 cm³/mol. The van der Waals surface area contributed by atoms with E-state index in [1.54, 1.807) is 17.3 Å². The lowest BCUT2D eigenvalue weighted by Crippen LogP contribution is -2.49. The number of rotatable bonds is 5. The maximum absolute atomic E-state index is 13.1. The summed E-state index contributed by atoms with van der Waals surface area (Å²) in [6, 6.07) is 9.20.